The maximum Gasteiger partial charge on any atom is 0.343 e. The number of anilines is 1. The molecule has 2 N–H and O–H groups in total. The molecular formula is C14H13FN2O5. The number of likely N-dealkylation sites (tertiary alicyclic amines) is 1. The van der Waals surface area contributed by atoms with E-state index >= 15 is 0 Å². The highest BCUT2D eigenvalue weighted by Crippen LogP contribution is 2.31. The van der Waals surface area contributed by atoms with Gasteiger partial charge in [0.1, 0.15) is 5.75 Å². The Morgan fingerprint density at radius 3 is 2.86 bits per heavy atom. The Hall–Kier alpha value is -2.64. The Bertz CT molecular complexity index is 677. The number of fused-ring (bicyclic) bond motifs is 1. The van der Waals surface area contributed by atoms with Gasteiger partial charge in [-0.25, -0.2) is 9.18 Å². The van der Waals surface area contributed by atoms with Crippen molar-refractivity contribution >= 4 is 23.5 Å². The van der Waals surface area contributed by atoms with Gasteiger partial charge in [-0.2, -0.15) is 0 Å². The lowest BCUT2D eigenvalue weighted by molar-refractivity contribution is -0.149. The molecular weight excluding hydrogens is 295 g/mol. The summed E-state index contributed by atoms with van der Waals surface area (Å²) in [6.07, 6.45) is -0.231. The summed E-state index contributed by atoms with van der Waals surface area (Å²) in [5, 5.41) is 11.4. The van der Waals surface area contributed by atoms with Gasteiger partial charge in [0.05, 0.1) is 12.2 Å². The molecule has 0 spiro atoms. The van der Waals surface area contributed by atoms with Gasteiger partial charge in [-0.3, -0.25) is 9.59 Å². The second-order valence-corrected chi connectivity index (χ2v) is 5.29. The van der Waals surface area contributed by atoms with E-state index in [4.69, 9.17) is 9.84 Å². The van der Waals surface area contributed by atoms with Crippen molar-refractivity contribution in [3.8, 4) is 5.75 Å². The van der Waals surface area contributed by atoms with Crippen LogP contribution in [-0.2, 0) is 9.59 Å². The van der Waals surface area contributed by atoms with Crippen molar-refractivity contribution in [2.45, 2.75) is 12.1 Å². The Labute approximate surface area is 124 Å². The van der Waals surface area contributed by atoms with Gasteiger partial charge in [0.2, 0.25) is 5.67 Å². The minimum absolute atomic E-state index is 0.0380. The molecule has 1 aromatic carbocycles. The highest BCUT2D eigenvalue weighted by atomic mass is 19.1. The fourth-order valence-corrected chi connectivity index (χ4v) is 2.51. The number of alkyl halides is 1. The molecule has 0 radical (unpaired) electrons. The monoisotopic (exact) mass is 308 g/mol. The van der Waals surface area contributed by atoms with Crippen LogP contribution in [0.25, 0.3) is 0 Å². The van der Waals surface area contributed by atoms with Crippen molar-refractivity contribution in [1.29, 1.82) is 0 Å². The predicted molar refractivity (Wildman–Crippen MR) is 72.6 cm³/mol. The van der Waals surface area contributed by atoms with Crippen LogP contribution in [0.2, 0.25) is 0 Å². The molecule has 7 nitrogen and oxygen atoms in total. The fraction of sp³-hybridized carbons (Fsp3) is 0.357. The minimum atomic E-state index is -2.39. The molecule has 1 atom stereocenters. The topological polar surface area (TPSA) is 95.9 Å². The van der Waals surface area contributed by atoms with Crippen molar-refractivity contribution in [1.82, 2.24) is 4.90 Å². The summed E-state index contributed by atoms with van der Waals surface area (Å²) in [5.74, 6) is -1.95. The van der Waals surface area contributed by atoms with E-state index in [2.05, 4.69) is 5.32 Å². The molecule has 2 amide bonds. The first kappa shape index (κ1) is 14.3. The lowest BCUT2D eigenvalue weighted by Crippen LogP contribution is -2.39. The summed E-state index contributed by atoms with van der Waals surface area (Å²) in [4.78, 5) is 35.6. The third-order valence-corrected chi connectivity index (χ3v) is 3.75. The van der Waals surface area contributed by atoms with E-state index in [1.807, 2.05) is 0 Å². The fourth-order valence-electron chi connectivity index (χ4n) is 2.51. The third kappa shape index (κ3) is 2.36. The van der Waals surface area contributed by atoms with Crippen LogP contribution in [0.1, 0.15) is 16.8 Å². The van der Waals surface area contributed by atoms with Gasteiger partial charge in [0, 0.05) is 18.5 Å². The molecule has 2 aliphatic rings. The number of hydrogen-bond acceptors (Lipinski definition) is 4. The number of nitrogens with zero attached hydrogens (tertiary/aromatic N) is 1. The van der Waals surface area contributed by atoms with Gasteiger partial charge in [-0.15, -0.1) is 0 Å². The van der Waals surface area contributed by atoms with Crippen LogP contribution in [0.15, 0.2) is 18.2 Å². The average molecular weight is 308 g/mol. The van der Waals surface area contributed by atoms with Crippen molar-refractivity contribution in [3.63, 3.8) is 0 Å². The van der Waals surface area contributed by atoms with Crippen molar-refractivity contribution in [2.75, 3.05) is 25.0 Å². The van der Waals surface area contributed by atoms with E-state index in [0.29, 0.717) is 11.4 Å². The molecule has 1 fully saturated rings. The van der Waals surface area contributed by atoms with Crippen molar-refractivity contribution in [2.24, 2.45) is 0 Å². The highest BCUT2D eigenvalue weighted by Gasteiger charge is 2.47. The van der Waals surface area contributed by atoms with Crippen LogP contribution < -0.4 is 10.1 Å². The summed E-state index contributed by atoms with van der Waals surface area (Å²) < 4.78 is 19.2. The standard InChI is InChI=1S/C14H13FN2O5/c15-14(13(20)21)3-4-17(7-14)12(19)8-1-2-9-10(5-8)22-6-11(18)16-9/h1-2,5H,3-4,6-7H2,(H,16,18)(H,20,21). The number of carbonyl (C=O) groups excluding carboxylic acids is 2. The Balaban J connectivity index is 1.79. The molecule has 116 valence electrons. The quantitative estimate of drug-likeness (QED) is 0.836. The normalized spacial score (nSPS) is 23.5. The van der Waals surface area contributed by atoms with E-state index in [1.54, 1.807) is 0 Å². The van der Waals surface area contributed by atoms with Crippen LogP contribution in [-0.4, -0.2) is 53.2 Å². The Morgan fingerprint density at radius 1 is 1.41 bits per heavy atom. The molecule has 0 aliphatic carbocycles. The largest absolute Gasteiger partial charge is 0.482 e. The Kier molecular flexibility index (Phi) is 3.23. The van der Waals surface area contributed by atoms with E-state index < -0.39 is 24.1 Å². The molecule has 1 saturated heterocycles. The number of nitrogens with one attached hydrogen (secondary N) is 1. The molecule has 0 saturated carbocycles. The molecule has 0 aromatic heterocycles. The zero-order valence-corrected chi connectivity index (χ0v) is 11.5. The molecule has 0 bridgehead atoms. The molecule has 1 aromatic rings. The molecule has 2 aliphatic heterocycles. The number of benzene rings is 1. The first-order valence-corrected chi connectivity index (χ1v) is 6.67. The SMILES string of the molecule is O=C1COc2cc(C(=O)N3CCC(F)(C(=O)O)C3)ccc2N1. The smallest absolute Gasteiger partial charge is 0.343 e. The average Bonchev–Trinajstić information content (AvgIpc) is 2.90. The first-order valence-electron chi connectivity index (χ1n) is 6.67. The van der Waals surface area contributed by atoms with E-state index in [0.717, 1.165) is 4.90 Å². The zero-order valence-electron chi connectivity index (χ0n) is 11.5. The highest BCUT2D eigenvalue weighted by molar-refractivity contribution is 5.99. The summed E-state index contributed by atoms with van der Waals surface area (Å²) in [6, 6.07) is 4.46. The molecule has 8 heteroatoms. The maximum absolute atomic E-state index is 14.0. The molecule has 2 heterocycles. The van der Waals surface area contributed by atoms with Crippen molar-refractivity contribution in [3.05, 3.63) is 23.8 Å². The maximum atomic E-state index is 14.0. The van der Waals surface area contributed by atoms with Gasteiger partial charge >= 0.3 is 5.97 Å². The van der Waals surface area contributed by atoms with Crippen LogP contribution in [0.4, 0.5) is 10.1 Å². The Morgan fingerprint density at radius 2 is 2.18 bits per heavy atom. The number of halogens is 1. The van der Waals surface area contributed by atoms with Gasteiger partial charge in [-0.05, 0) is 18.2 Å². The number of carboxylic acid groups (broad SMARTS) is 1. The second-order valence-electron chi connectivity index (χ2n) is 5.29. The number of amides is 2. The lowest BCUT2D eigenvalue weighted by atomic mass is 10.1. The van der Waals surface area contributed by atoms with Gasteiger partial charge in [0.25, 0.3) is 11.8 Å². The van der Waals surface area contributed by atoms with E-state index in [1.165, 1.54) is 18.2 Å². The van der Waals surface area contributed by atoms with Crippen LogP contribution in [0.5, 0.6) is 5.75 Å². The number of carboxylic acids is 1. The molecule has 22 heavy (non-hydrogen) atoms. The summed E-state index contributed by atoms with van der Waals surface area (Å²) in [7, 11) is 0. The predicted octanol–water partition coefficient (Wildman–Crippen LogP) is 0.656. The van der Waals surface area contributed by atoms with E-state index in [9.17, 15) is 18.8 Å². The van der Waals surface area contributed by atoms with Crippen LogP contribution in [0.3, 0.4) is 0 Å². The molecule has 3 rings (SSSR count). The van der Waals surface area contributed by atoms with Gasteiger partial charge in [-0.1, -0.05) is 0 Å². The number of rotatable bonds is 2. The molecule has 1 unspecified atom stereocenters. The van der Waals surface area contributed by atoms with Gasteiger partial charge < -0.3 is 20.1 Å². The number of ether oxygens (including phenoxy) is 1. The summed E-state index contributed by atoms with van der Waals surface area (Å²) in [5.41, 5.74) is -1.68. The minimum Gasteiger partial charge on any atom is -0.482 e. The van der Waals surface area contributed by atoms with Crippen molar-refractivity contribution < 1.29 is 28.6 Å². The van der Waals surface area contributed by atoms with Crippen LogP contribution in [0, 0.1) is 0 Å². The van der Waals surface area contributed by atoms with Gasteiger partial charge in [0.15, 0.2) is 6.61 Å². The third-order valence-electron chi connectivity index (χ3n) is 3.75. The zero-order chi connectivity index (χ0) is 15.9. The number of hydrogen-bond donors (Lipinski definition) is 2. The van der Waals surface area contributed by atoms with Crippen LogP contribution >= 0.6 is 0 Å². The number of carbonyl (C=O) groups is 3. The van der Waals surface area contributed by atoms with E-state index in [-0.39, 0.29) is 31.0 Å². The first-order chi connectivity index (χ1) is 10.4. The number of aliphatic carboxylic acids is 1. The lowest BCUT2D eigenvalue weighted by Gasteiger charge is -2.21. The summed E-state index contributed by atoms with van der Waals surface area (Å²) in [6.45, 7) is -0.576. The second kappa shape index (κ2) is 4.97. The summed E-state index contributed by atoms with van der Waals surface area (Å²) >= 11 is 0.